The van der Waals surface area contributed by atoms with Gasteiger partial charge in [0.1, 0.15) is 5.82 Å². The van der Waals surface area contributed by atoms with Crippen molar-refractivity contribution in [1.29, 1.82) is 0 Å². The number of rotatable bonds is 5. The van der Waals surface area contributed by atoms with Crippen LogP contribution in [0.5, 0.6) is 0 Å². The van der Waals surface area contributed by atoms with Crippen LogP contribution in [0.3, 0.4) is 0 Å². The molecule has 0 aliphatic carbocycles. The van der Waals surface area contributed by atoms with Gasteiger partial charge in [0.15, 0.2) is 0 Å². The molecule has 1 amide bonds. The van der Waals surface area contributed by atoms with Crippen LogP contribution in [0, 0.1) is 6.92 Å². The number of aryl methyl sites for hydroxylation is 1. The fraction of sp³-hybridized carbons (Fsp3) is 0.538. The number of nitrogens with two attached hydrogens (primary N) is 1. The van der Waals surface area contributed by atoms with Gasteiger partial charge in [-0.25, -0.2) is 4.98 Å². The summed E-state index contributed by atoms with van der Waals surface area (Å²) in [6.45, 7) is 6.83. The van der Waals surface area contributed by atoms with Gasteiger partial charge in [0.2, 0.25) is 0 Å². The number of nitrogens with zero attached hydrogens (tertiary/aromatic N) is 2. The Labute approximate surface area is 108 Å². The molecule has 0 unspecified atom stereocenters. The van der Waals surface area contributed by atoms with E-state index in [2.05, 4.69) is 4.98 Å². The van der Waals surface area contributed by atoms with E-state index in [0.29, 0.717) is 24.5 Å². The minimum Gasteiger partial charge on any atom is -0.384 e. The molecule has 18 heavy (non-hydrogen) atoms. The summed E-state index contributed by atoms with van der Waals surface area (Å²) in [6, 6.07) is 3.33. The molecule has 0 radical (unpaired) electrons. The lowest BCUT2D eigenvalue weighted by atomic mass is 10.2. The van der Waals surface area contributed by atoms with Crippen LogP contribution in [0.15, 0.2) is 12.1 Å². The van der Waals surface area contributed by atoms with E-state index in [4.69, 9.17) is 10.5 Å². The molecule has 100 valence electrons. The zero-order valence-corrected chi connectivity index (χ0v) is 11.4. The van der Waals surface area contributed by atoms with Crippen LogP contribution in [0.1, 0.15) is 29.9 Å². The highest BCUT2D eigenvalue weighted by Gasteiger charge is 2.12. The van der Waals surface area contributed by atoms with Crippen molar-refractivity contribution < 1.29 is 9.53 Å². The van der Waals surface area contributed by atoms with Gasteiger partial charge >= 0.3 is 0 Å². The number of aromatic nitrogens is 1. The van der Waals surface area contributed by atoms with Gasteiger partial charge in [0, 0.05) is 24.8 Å². The van der Waals surface area contributed by atoms with E-state index in [9.17, 15) is 4.79 Å². The van der Waals surface area contributed by atoms with Crippen molar-refractivity contribution in [1.82, 2.24) is 9.88 Å². The monoisotopic (exact) mass is 251 g/mol. The molecule has 0 atom stereocenters. The Morgan fingerprint density at radius 1 is 1.50 bits per heavy atom. The van der Waals surface area contributed by atoms with Crippen LogP contribution < -0.4 is 5.73 Å². The highest BCUT2D eigenvalue weighted by molar-refractivity contribution is 5.94. The Bertz CT molecular complexity index is 398. The molecule has 0 bridgehead atoms. The SMILES string of the molecule is Cc1cc(C(=O)N(C)CCOC(C)C)cc(N)n1. The Morgan fingerprint density at radius 2 is 2.17 bits per heavy atom. The fourth-order valence-electron chi connectivity index (χ4n) is 1.56. The lowest BCUT2D eigenvalue weighted by molar-refractivity contribution is 0.0532. The van der Waals surface area contributed by atoms with E-state index in [1.165, 1.54) is 0 Å². The quantitative estimate of drug-likeness (QED) is 0.860. The van der Waals surface area contributed by atoms with Crippen molar-refractivity contribution in [3.05, 3.63) is 23.4 Å². The van der Waals surface area contributed by atoms with E-state index >= 15 is 0 Å². The standard InChI is InChI=1S/C13H21N3O2/c1-9(2)18-6-5-16(4)13(17)11-7-10(3)15-12(14)8-11/h7-9H,5-6H2,1-4H3,(H2,14,15). The maximum absolute atomic E-state index is 12.1. The largest absolute Gasteiger partial charge is 0.384 e. The number of nitrogen functional groups attached to an aromatic ring is 1. The summed E-state index contributed by atoms with van der Waals surface area (Å²) in [6.07, 6.45) is 0.173. The lowest BCUT2D eigenvalue weighted by Gasteiger charge is -2.18. The van der Waals surface area contributed by atoms with E-state index in [1.54, 1.807) is 24.1 Å². The molecule has 0 spiro atoms. The molecule has 5 heteroatoms. The smallest absolute Gasteiger partial charge is 0.253 e. The number of anilines is 1. The molecule has 1 aromatic heterocycles. The highest BCUT2D eigenvalue weighted by atomic mass is 16.5. The van der Waals surface area contributed by atoms with E-state index in [-0.39, 0.29) is 12.0 Å². The van der Waals surface area contributed by atoms with Crippen molar-refractivity contribution in [2.75, 3.05) is 25.9 Å². The maximum atomic E-state index is 12.1. The second-order valence-corrected chi connectivity index (χ2v) is 4.57. The molecule has 0 aliphatic rings. The summed E-state index contributed by atoms with van der Waals surface area (Å²) in [5, 5.41) is 0. The van der Waals surface area contributed by atoms with Crippen LogP contribution >= 0.6 is 0 Å². The number of hydrogen-bond acceptors (Lipinski definition) is 4. The molecule has 1 rings (SSSR count). The second kappa shape index (κ2) is 6.35. The predicted molar refractivity (Wildman–Crippen MR) is 71.4 cm³/mol. The Balaban J connectivity index is 2.62. The molecule has 1 aromatic rings. The number of pyridine rings is 1. The molecule has 2 N–H and O–H groups in total. The van der Waals surface area contributed by atoms with Gasteiger partial charge in [-0.1, -0.05) is 0 Å². The Hall–Kier alpha value is -1.62. The van der Waals surface area contributed by atoms with Crippen molar-refractivity contribution in [2.24, 2.45) is 0 Å². The van der Waals surface area contributed by atoms with Crippen LogP contribution in [0.2, 0.25) is 0 Å². The first-order valence-corrected chi connectivity index (χ1v) is 6.01. The average molecular weight is 251 g/mol. The minimum absolute atomic E-state index is 0.0699. The van der Waals surface area contributed by atoms with Crippen molar-refractivity contribution >= 4 is 11.7 Å². The molecule has 5 nitrogen and oxygen atoms in total. The highest BCUT2D eigenvalue weighted by Crippen LogP contribution is 2.09. The fourth-order valence-corrected chi connectivity index (χ4v) is 1.56. The van der Waals surface area contributed by atoms with Gasteiger partial charge < -0.3 is 15.4 Å². The molecule has 0 aromatic carbocycles. The van der Waals surface area contributed by atoms with Gasteiger partial charge in [-0.05, 0) is 32.9 Å². The van der Waals surface area contributed by atoms with Crippen molar-refractivity contribution in [3.63, 3.8) is 0 Å². The molecule has 0 fully saturated rings. The average Bonchev–Trinajstić information content (AvgIpc) is 2.26. The number of carbonyl (C=O) groups excluding carboxylic acids is 1. The van der Waals surface area contributed by atoms with Crippen LogP contribution in [-0.2, 0) is 4.74 Å². The molecular formula is C13H21N3O2. The summed E-state index contributed by atoms with van der Waals surface area (Å²) < 4.78 is 5.42. The van der Waals surface area contributed by atoms with Crippen LogP contribution in [-0.4, -0.2) is 42.1 Å². The molecule has 1 heterocycles. The van der Waals surface area contributed by atoms with Gasteiger partial charge in [0.05, 0.1) is 12.7 Å². The first kappa shape index (κ1) is 14.4. The summed E-state index contributed by atoms with van der Waals surface area (Å²) >= 11 is 0. The molecule has 0 saturated carbocycles. The van der Waals surface area contributed by atoms with Crippen molar-refractivity contribution in [3.8, 4) is 0 Å². The third-order valence-corrected chi connectivity index (χ3v) is 2.44. The molecular weight excluding hydrogens is 230 g/mol. The van der Waals surface area contributed by atoms with Gasteiger partial charge in [-0.15, -0.1) is 0 Å². The van der Waals surface area contributed by atoms with Crippen LogP contribution in [0.25, 0.3) is 0 Å². The van der Waals surface area contributed by atoms with E-state index < -0.39 is 0 Å². The summed E-state index contributed by atoms with van der Waals surface area (Å²) in [7, 11) is 1.75. The summed E-state index contributed by atoms with van der Waals surface area (Å²) in [4.78, 5) is 17.8. The number of amides is 1. The number of likely N-dealkylation sites (N-methyl/N-ethyl adjacent to an activating group) is 1. The van der Waals surface area contributed by atoms with Gasteiger partial charge in [-0.3, -0.25) is 4.79 Å². The minimum atomic E-state index is -0.0699. The summed E-state index contributed by atoms with van der Waals surface area (Å²) in [5.74, 6) is 0.296. The van der Waals surface area contributed by atoms with Crippen molar-refractivity contribution in [2.45, 2.75) is 26.9 Å². The first-order chi connectivity index (χ1) is 8.40. The second-order valence-electron chi connectivity index (χ2n) is 4.57. The maximum Gasteiger partial charge on any atom is 0.253 e. The molecule has 0 aliphatic heterocycles. The third kappa shape index (κ3) is 4.33. The topological polar surface area (TPSA) is 68.5 Å². The Kier molecular flexibility index (Phi) is 5.09. The number of ether oxygens (including phenoxy) is 1. The zero-order chi connectivity index (χ0) is 13.7. The first-order valence-electron chi connectivity index (χ1n) is 6.01. The normalized spacial score (nSPS) is 10.7. The third-order valence-electron chi connectivity index (χ3n) is 2.44. The predicted octanol–water partition coefficient (Wildman–Crippen LogP) is 1.47. The van der Waals surface area contributed by atoms with E-state index in [1.807, 2.05) is 20.8 Å². The zero-order valence-electron chi connectivity index (χ0n) is 11.4. The number of hydrogen-bond donors (Lipinski definition) is 1. The number of carbonyl (C=O) groups is 1. The lowest BCUT2D eigenvalue weighted by Crippen LogP contribution is -2.31. The van der Waals surface area contributed by atoms with Gasteiger partial charge in [0.25, 0.3) is 5.91 Å². The molecule has 0 saturated heterocycles. The Morgan fingerprint density at radius 3 is 2.72 bits per heavy atom. The summed E-state index contributed by atoms with van der Waals surface area (Å²) in [5.41, 5.74) is 6.93. The van der Waals surface area contributed by atoms with E-state index in [0.717, 1.165) is 5.69 Å². The van der Waals surface area contributed by atoms with Gasteiger partial charge in [-0.2, -0.15) is 0 Å². The van der Waals surface area contributed by atoms with Crippen LogP contribution in [0.4, 0.5) is 5.82 Å².